The number of hydrogen-bond donors (Lipinski definition) is 1. The van der Waals surface area contributed by atoms with E-state index in [1.807, 2.05) is 0 Å². The van der Waals surface area contributed by atoms with Gasteiger partial charge in [-0.1, -0.05) is 0 Å². The normalized spacial score (nSPS) is 12.0. The zero-order valence-electron chi connectivity index (χ0n) is 12.4. The molecule has 1 aromatic carbocycles. The molecule has 2 N–H and O–H groups in total. The van der Waals surface area contributed by atoms with E-state index in [-0.39, 0.29) is 42.4 Å². The lowest BCUT2D eigenvalue weighted by Crippen LogP contribution is -2.37. The van der Waals surface area contributed by atoms with Crippen molar-refractivity contribution >= 4 is 15.7 Å². The van der Waals surface area contributed by atoms with E-state index in [4.69, 9.17) is 15.2 Å². The molecule has 21 heavy (non-hydrogen) atoms. The summed E-state index contributed by atoms with van der Waals surface area (Å²) >= 11 is 0. The third kappa shape index (κ3) is 4.37. The molecule has 0 fully saturated rings. The molecule has 120 valence electrons. The van der Waals surface area contributed by atoms with Crippen LogP contribution in [0.1, 0.15) is 5.56 Å². The summed E-state index contributed by atoms with van der Waals surface area (Å²) in [5.41, 5.74) is 5.66. The summed E-state index contributed by atoms with van der Waals surface area (Å²) in [5.74, 6) is -0.646. The zero-order chi connectivity index (χ0) is 16.0. The van der Waals surface area contributed by atoms with Crippen LogP contribution in [0.5, 0.6) is 0 Å². The van der Waals surface area contributed by atoms with Gasteiger partial charge in [0.25, 0.3) is 0 Å². The van der Waals surface area contributed by atoms with Gasteiger partial charge in [0.15, 0.2) is 0 Å². The van der Waals surface area contributed by atoms with Gasteiger partial charge in [0.1, 0.15) is 5.82 Å². The van der Waals surface area contributed by atoms with Crippen molar-refractivity contribution in [2.24, 2.45) is 0 Å². The van der Waals surface area contributed by atoms with Crippen LogP contribution in [0.25, 0.3) is 0 Å². The molecular weight excluding hydrogens is 299 g/mol. The Morgan fingerprint density at radius 1 is 1.19 bits per heavy atom. The van der Waals surface area contributed by atoms with Crippen LogP contribution < -0.4 is 5.73 Å². The number of nitrogens with zero attached hydrogens (tertiary/aromatic N) is 1. The van der Waals surface area contributed by atoms with E-state index in [1.54, 1.807) is 0 Å². The summed E-state index contributed by atoms with van der Waals surface area (Å²) in [6, 6.07) is 2.36. The molecular formula is C13H21FN2O4S. The highest BCUT2D eigenvalue weighted by Gasteiger charge is 2.27. The molecule has 1 rings (SSSR count). The van der Waals surface area contributed by atoms with Crippen LogP contribution in [0.3, 0.4) is 0 Å². The smallest absolute Gasteiger partial charge is 0.243 e. The lowest BCUT2D eigenvalue weighted by molar-refractivity contribution is 0.150. The van der Waals surface area contributed by atoms with E-state index >= 15 is 0 Å². The molecule has 0 atom stereocenters. The number of sulfonamides is 1. The minimum atomic E-state index is -3.87. The second kappa shape index (κ2) is 7.69. The molecule has 1 aromatic rings. The first kappa shape index (κ1) is 17.8. The number of hydrogen-bond acceptors (Lipinski definition) is 5. The minimum absolute atomic E-state index is 0.0454. The van der Waals surface area contributed by atoms with Gasteiger partial charge in [-0.2, -0.15) is 4.31 Å². The number of methoxy groups -OCH3 is 2. The van der Waals surface area contributed by atoms with E-state index in [2.05, 4.69) is 0 Å². The first-order valence-electron chi connectivity index (χ1n) is 6.38. The third-order valence-corrected chi connectivity index (χ3v) is 5.05. The second-order valence-electron chi connectivity index (χ2n) is 4.52. The van der Waals surface area contributed by atoms with Crippen LogP contribution in [0, 0.1) is 12.7 Å². The lowest BCUT2D eigenvalue weighted by atomic mass is 10.2. The topological polar surface area (TPSA) is 81.9 Å². The van der Waals surface area contributed by atoms with Gasteiger partial charge in [-0.15, -0.1) is 0 Å². The largest absolute Gasteiger partial charge is 0.399 e. The summed E-state index contributed by atoms with van der Waals surface area (Å²) in [4.78, 5) is -0.132. The number of rotatable bonds is 8. The van der Waals surface area contributed by atoms with Gasteiger partial charge in [-0.05, 0) is 19.1 Å². The molecule has 8 heteroatoms. The van der Waals surface area contributed by atoms with E-state index in [0.717, 1.165) is 6.07 Å². The van der Waals surface area contributed by atoms with Crippen LogP contribution in [-0.2, 0) is 19.5 Å². The monoisotopic (exact) mass is 320 g/mol. The van der Waals surface area contributed by atoms with Crippen molar-refractivity contribution < 1.29 is 22.3 Å². The van der Waals surface area contributed by atoms with Gasteiger partial charge in [-0.25, -0.2) is 12.8 Å². The Bertz CT molecular complexity index is 570. The number of nitrogen functional groups attached to an aromatic ring is 1. The van der Waals surface area contributed by atoms with Crippen molar-refractivity contribution in [1.82, 2.24) is 4.31 Å². The lowest BCUT2D eigenvalue weighted by Gasteiger charge is -2.22. The van der Waals surface area contributed by atoms with Crippen LogP contribution in [0.15, 0.2) is 17.0 Å². The average molecular weight is 320 g/mol. The Morgan fingerprint density at radius 3 is 2.19 bits per heavy atom. The molecule has 0 unspecified atom stereocenters. The van der Waals surface area contributed by atoms with Crippen LogP contribution in [0.2, 0.25) is 0 Å². The first-order chi connectivity index (χ1) is 9.84. The summed E-state index contributed by atoms with van der Waals surface area (Å²) in [6.45, 7) is 2.17. The summed E-state index contributed by atoms with van der Waals surface area (Å²) in [6.07, 6.45) is 0. The highest BCUT2D eigenvalue weighted by Crippen LogP contribution is 2.24. The number of benzene rings is 1. The van der Waals surface area contributed by atoms with Gasteiger partial charge in [0, 0.05) is 38.6 Å². The molecule has 0 bridgehead atoms. The molecule has 0 heterocycles. The van der Waals surface area contributed by atoms with Gasteiger partial charge in [0.05, 0.1) is 18.1 Å². The quantitative estimate of drug-likeness (QED) is 0.723. The van der Waals surface area contributed by atoms with Crippen molar-refractivity contribution in [2.75, 3.05) is 46.3 Å². The second-order valence-corrected chi connectivity index (χ2v) is 6.42. The molecule has 0 saturated heterocycles. The molecule has 0 aliphatic rings. The van der Waals surface area contributed by atoms with Crippen molar-refractivity contribution in [1.29, 1.82) is 0 Å². The molecule has 0 aliphatic heterocycles. The van der Waals surface area contributed by atoms with E-state index < -0.39 is 15.8 Å². The van der Waals surface area contributed by atoms with Crippen molar-refractivity contribution in [3.8, 4) is 0 Å². The summed E-state index contributed by atoms with van der Waals surface area (Å²) < 4.78 is 50.1. The molecule has 6 nitrogen and oxygen atoms in total. The summed E-state index contributed by atoms with van der Waals surface area (Å²) in [5, 5.41) is 0. The number of halogens is 1. The van der Waals surface area contributed by atoms with Gasteiger partial charge in [-0.3, -0.25) is 0 Å². The minimum Gasteiger partial charge on any atom is -0.399 e. The van der Waals surface area contributed by atoms with Gasteiger partial charge < -0.3 is 15.2 Å². The van der Waals surface area contributed by atoms with Gasteiger partial charge >= 0.3 is 0 Å². The Kier molecular flexibility index (Phi) is 6.53. The maximum Gasteiger partial charge on any atom is 0.243 e. The Labute approximate surface area is 124 Å². The predicted octanol–water partition coefficient (Wildman–Crippen LogP) is 1.000. The van der Waals surface area contributed by atoms with E-state index in [0.29, 0.717) is 0 Å². The van der Waals surface area contributed by atoms with Crippen molar-refractivity contribution in [2.45, 2.75) is 11.8 Å². The molecule has 0 radical (unpaired) electrons. The van der Waals surface area contributed by atoms with E-state index in [1.165, 1.54) is 31.5 Å². The fraction of sp³-hybridized carbons (Fsp3) is 0.538. The van der Waals surface area contributed by atoms with Crippen LogP contribution >= 0.6 is 0 Å². The fourth-order valence-corrected chi connectivity index (χ4v) is 3.50. The van der Waals surface area contributed by atoms with Crippen molar-refractivity contribution in [3.63, 3.8) is 0 Å². The molecule has 0 saturated carbocycles. The van der Waals surface area contributed by atoms with E-state index in [9.17, 15) is 12.8 Å². The third-order valence-electron chi connectivity index (χ3n) is 3.03. The highest BCUT2D eigenvalue weighted by atomic mass is 32.2. The Hall–Kier alpha value is -1.22. The molecule has 0 aromatic heterocycles. The predicted molar refractivity (Wildman–Crippen MR) is 78.1 cm³/mol. The standard InChI is InChI=1S/C13H21FN2O4S/c1-10-12(14)8-11(15)9-13(10)21(17,18)16(4-6-19-2)5-7-20-3/h8-9H,4-7,15H2,1-3H3. The number of anilines is 1. The van der Waals surface area contributed by atoms with Crippen LogP contribution in [0.4, 0.5) is 10.1 Å². The SMILES string of the molecule is COCCN(CCOC)S(=O)(=O)c1cc(N)cc(F)c1C. The maximum absolute atomic E-state index is 13.7. The van der Waals surface area contributed by atoms with Crippen LogP contribution in [-0.4, -0.2) is 53.2 Å². The zero-order valence-corrected chi connectivity index (χ0v) is 13.2. The summed E-state index contributed by atoms with van der Waals surface area (Å²) in [7, 11) is -0.910. The molecule has 0 aliphatic carbocycles. The molecule has 0 amide bonds. The fourth-order valence-electron chi connectivity index (χ4n) is 1.82. The van der Waals surface area contributed by atoms with Crippen molar-refractivity contribution in [3.05, 3.63) is 23.5 Å². The maximum atomic E-state index is 13.7. The first-order valence-corrected chi connectivity index (χ1v) is 7.82. The number of nitrogens with two attached hydrogens (primary N) is 1. The highest BCUT2D eigenvalue weighted by molar-refractivity contribution is 7.89. The Balaban J connectivity index is 3.21. The Morgan fingerprint density at radius 2 is 1.71 bits per heavy atom. The average Bonchev–Trinajstić information content (AvgIpc) is 2.42. The van der Waals surface area contributed by atoms with Gasteiger partial charge in [0.2, 0.25) is 10.0 Å². The number of ether oxygens (including phenoxy) is 2. The molecule has 0 spiro atoms.